The molecule has 4 aromatic rings. The Morgan fingerprint density at radius 3 is 2.49 bits per heavy atom. The van der Waals surface area contributed by atoms with Crippen LogP contribution in [0.3, 0.4) is 0 Å². The minimum Gasteiger partial charge on any atom is -0.473 e. The van der Waals surface area contributed by atoms with E-state index in [4.69, 9.17) is 4.74 Å². The zero-order chi connectivity index (χ0) is 25.4. The summed E-state index contributed by atoms with van der Waals surface area (Å²) in [5.74, 6) is -3.73. The molecule has 0 fully saturated rings. The van der Waals surface area contributed by atoms with Crippen LogP contribution in [0.15, 0.2) is 24.3 Å². The van der Waals surface area contributed by atoms with Crippen LogP contribution in [0.4, 0.5) is 18.9 Å². The number of aryl methyl sites for hydroxylation is 3. The molecule has 0 saturated heterocycles. The van der Waals surface area contributed by atoms with E-state index in [0.717, 1.165) is 6.07 Å². The van der Waals surface area contributed by atoms with Crippen molar-refractivity contribution in [3.63, 3.8) is 0 Å². The van der Waals surface area contributed by atoms with E-state index in [1.54, 1.807) is 44.5 Å². The molecule has 0 atom stereocenters. The molecule has 0 aliphatic heterocycles. The number of aromatic nitrogens is 4. The molecule has 1 amide bonds. The van der Waals surface area contributed by atoms with E-state index >= 15 is 0 Å². The highest BCUT2D eigenvalue weighted by atomic mass is 19.2. The number of hydrogen-bond donors (Lipinski definition) is 2. The zero-order valence-corrected chi connectivity index (χ0v) is 19.6. The van der Waals surface area contributed by atoms with Gasteiger partial charge in [-0.2, -0.15) is 14.7 Å². The number of benzene rings is 1. The number of aliphatic hydroxyl groups excluding tert-OH is 1. The third-order valence-corrected chi connectivity index (χ3v) is 5.68. The third kappa shape index (κ3) is 4.46. The van der Waals surface area contributed by atoms with Gasteiger partial charge in [-0.3, -0.25) is 9.48 Å². The Morgan fingerprint density at radius 1 is 1.06 bits per heavy atom. The van der Waals surface area contributed by atoms with Crippen LogP contribution in [0.25, 0.3) is 5.52 Å². The van der Waals surface area contributed by atoms with Crippen molar-refractivity contribution in [1.82, 2.24) is 19.4 Å². The summed E-state index contributed by atoms with van der Waals surface area (Å²) in [5.41, 5.74) is 3.10. The van der Waals surface area contributed by atoms with Crippen LogP contribution in [0.1, 0.15) is 38.6 Å². The summed E-state index contributed by atoms with van der Waals surface area (Å²) >= 11 is 0. The Kier molecular flexibility index (Phi) is 6.53. The zero-order valence-electron chi connectivity index (χ0n) is 19.6. The number of carbonyl (C=O) groups is 1. The van der Waals surface area contributed by atoms with Gasteiger partial charge >= 0.3 is 0 Å². The van der Waals surface area contributed by atoms with Crippen LogP contribution >= 0.6 is 0 Å². The predicted octanol–water partition coefficient (Wildman–Crippen LogP) is 4.01. The van der Waals surface area contributed by atoms with E-state index in [0.29, 0.717) is 46.5 Å². The quantitative estimate of drug-likeness (QED) is 0.385. The first-order chi connectivity index (χ1) is 16.6. The number of aliphatic hydroxyl groups is 1. The van der Waals surface area contributed by atoms with Gasteiger partial charge in [-0.15, -0.1) is 0 Å². The second-order valence-electron chi connectivity index (χ2n) is 8.19. The molecule has 0 aliphatic rings. The lowest BCUT2D eigenvalue weighted by molar-refractivity contribution is 0.102. The number of amides is 1. The number of ether oxygens (including phenoxy) is 1. The van der Waals surface area contributed by atoms with Crippen molar-refractivity contribution in [2.45, 2.75) is 40.8 Å². The van der Waals surface area contributed by atoms with E-state index in [1.807, 2.05) is 0 Å². The number of carbonyl (C=O) groups excluding carboxylic acids is 1. The Hall–Kier alpha value is -3.86. The summed E-state index contributed by atoms with van der Waals surface area (Å²) in [6, 6.07) is 4.87. The maximum atomic E-state index is 14.1. The van der Waals surface area contributed by atoms with E-state index in [2.05, 4.69) is 15.5 Å². The highest BCUT2D eigenvalue weighted by molar-refractivity contribution is 6.10. The summed E-state index contributed by atoms with van der Waals surface area (Å²) in [5, 5.41) is 20.8. The summed E-state index contributed by atoms with van der Waals surface area (Å²) in [6.45, 7) is 6.60. The van der Waals surface area contributed by atoms with E-state index < -0.39 is 35.5 Å². The van der Waals surface area contributed by atoms with Crippen molar-refractivity contribution in [2.24, 2.45) is 0 Å². The van der Waals surface area contributed by atoms with Crippen LogP contribution in [0.5, 0.6) is 5.88 Å². The summed E-state index contributed by atoms with van der Waals surface area (Å²) in [7, 11) is 0. The van der Waals surface area contributed by atoms with Gasteiger partial charge in [0.2, 0.25) is 5.88 Å². The molecule has 0 saturated carbocycles. The Morgan fingerprint density at radius 2 is 1.77 bits per heavy atom. The van der Waals surface area contributed by atoms with Crippen molar-refractivity contribution in [1.29, 1.82) is 0 Å². The van der Waals surface area contributed by atoms with E-state index in [-0.39, 0.29) is 18.1 Å². The van der Waals surface area contributed by atoms with Gasteiger partial charge in [0.15, 0.2) is 11.6 Å². The van der Waals surface area contributed by atoms with Crippen molar-refractivity contribution in [3.8, 4) is 5.88 Å². The molecule has 0 spiro atoms. The average molecular weight is 487 g/mol. The number of rotatable bonds is 7. The molecule has 3 aromatic heterocycles. The first-order valence-electron chi connectivity index (χ1n) is 10.8. The second-order valence-corrected chi connectivity index (χ2v) is 8.19. The molecule has 4 rings (SSSR count). The molecule has 35 heavy (non-hydrogen) atoms. The fraction of sp³-hybridized carbons (Fsp3) is 0.292. The monoisotopic (exact) mass is 487 g/mol. The molecule has 0 radical (unpaired) electrons. The molecular formula is C24H24F3N5O3. The Balaban J connectivity index is 1.69. The van der Waals surface area contributed by atoms with Crippen LogP contribution in [0, 0.1) is 45.1 Å². The Labute approximate surface area is 198 Å². The molecule has 0 unspecified atom stereocenters. The van der Waals surface area contributed by atoms with E-state index in [9.17, 15) is 23.1 Å². The summed E-state index contributed by atoms with van der Waals surface area (Å²) in [4.78, 5) is 13.3. The lowest BCUT2D eigenvalue weighted by atomic mass is 10.1. The molecule has 184 valence electrons. The maximum absolute atomic E-state index is 14.1. The highest BCUT2D eigenvalue weighted by Gasteiger charge is 2.23. The van der Waals surface area contributed by atoms with Gasteiger partial charge in [0, 0.05) is 6.07 Å². The number of anilines is 1. The number of nitrogens with one attached hydrogen (secondary N) is 1. The average Bonchev–Trinajstić information content (AvgIpc) is 3.27. The van der Waals surface area contributed by atoms with Gasteiger partial charge in [-0.05, 0) is 51.5 Å². The lowest BCUT2D eigenvalue weighted by Crippen LogP contribution is -2.14. The van der Waals surface area contributed by atoms with Gasteiger partial charge in [-0.25, -0.2) is 13.2 Å². The van der Waals surface area contributed by atoms with Crippen molar-refractivity contribution in [3.05, 3.63) is 75.5 Å². The van der Waals surface area contributed by atoms with Crippen molar-refractivity contribution < 1.29 is 27.8 Å². The molecule has 0 aliphatic carbocycles. The lowest BCUT2D eigenvalue weighted by Gasteiger charge is -2.11. The van der Waals surface area contributed by atoms with Crippen molar-refractivity contribution in [2.75, 3.05) is 11.9 Å². The molecule has 11 heteroatoms. The number of fused-ring (bicyclic) bond motifs is 1. The maximum Gasteiger partial charge on any atom is 0.259 e. The molecule has 3 heterocycles. The molecule has 2 N–H and O–H groups in total. The minimum absolute atomic E-state index is 0.0893. The molecule has 0 bridgehead atoms. The molecule has 8 nitrogen and oxygen atoms in total. The standard InChI is InChI=1S/C24H24F3N5O3/c1-12-9-19-21(24(34)28-23-14(3)29-31(7-8-33)15(23)4)13(2)30-32(19)20(10-12)35-11-16-17(25)5-6-18(26)22(16)27/h5-6,9-10,33H,7-8,11H2,1-4H3,(H,28,34). The normalized spacial score (nSPS) is 11.3. The number of nitrogens with zero attached hydrogens (tertiary/aromatic N) is 4. The molecule has 1 aromatic carbocycles. The van der Waals surface area contributed by atoms with Crippen LogP contribution < -0.4 is 10.1 Å². The van der Waals surface area contributed by atoms with Gasteiger partial charge < -0.3 is 15.2 Å². The fourth-order valence-corrected chi connectivity index (χ4v) is 3.96. The second kappa shape index (κ2) is 9.41. The minimum atomic E-state index is -1.32. The van der Waals surface area contributed by atoms with Crippen LogP contribution in [-0.4, -0.2) is 37.0 Å². The van der Waals surface area contributed by atoms with Gasteiger partial charge in [0.1, 0.15) is 12.4 Å². The molecular weight excluding hydrogens is 463 g/mol. The van der Waals surface area contributed by atoms with Crippen molar-refractivity contribution >= 4 is 17.1 Å². The topological polar surface area (TPSA) is 93.7 Å². The van der Waals surface area contributed by atoms with Gasteiger partial charge in [0.05, 0.1) is 52.6 Å². The summed E-state index contributed by atoms with van der Waals surface area (Å²) in [6.07, 6.45) is 0. The number of hydrogen-bond acceptors (Lipinski definition) is 5. The van der Waals surface area contributed by atoms with E-state index in [1.165, 1.54) is 4.52 Å². The Bertz CT molecular complexity index is 1440. The smallest absolute Gasteiger partial charge is 0.259 e. The summed E-state index contributed by atoms with van der Waals surface area (Å²) < 4.78 is 50.2. The highest BCUT2D eigenvalue weighted by Crippen LogP contribution is 2.27. The van der Waals surface area contributed by atoms with Crippen LogP contribution in [-0.2, 0) is 13.2 Å². The number of pyridine rings is 1. The van der Waals surface area contributed by atoms with Gasteiger partial charge in [-0.1, -0.05) is 0 Å². The first-order valence-corrected chi connectivity index (χ1v) is 10.8. The van der Waals surface area contributed by atoms with Gasteiger partial charge in [0.25, 0.3) is 5.91 Å². The number of halogens is 3. The SMILES string of the molecule is Cc1cc(OCc2c(F)ccc(F)c2F)n2nc(C)c(C(=O)Nc3c(C)nn(CCO)c3C)c2c1. The fourth-order valence-electron chi connectivity index (χ4n) is 3.96. The first kappa shape index (κ1) is 24.3. The largest absolute Gasteiger partial charge is 0.473 e. The third-order valence-electron chi connectivity index (χ3n) is 5.68. The van der Waals surface area contributed by atoms with Crippen LogP contribution in [0.2, 0.25) is 0 Å². The predicted molar refractivity (Wildman–Crippen MR) is 122 cm³/mol.